The number of ether oxygens (including phenoxy) is 1. The predicted molar refractivity (Wildman–Crippen MR) is 115 cm³/mol. The number of hydrogen-bond acceptors (Lipinski definition) is 4. The van der Waals surface area contributed by atoms with E-state index in [1.54, 1.807) is 22.9 Å². The Kier molecular flexibility index (Phi) is 5.97. The van der Waals surface area contributed by atoms with Crippen LogP contribution >= 0.6 is 0 Å². The molecule has 1 N–H and O–H groups in total. The Labute approximate surface area is 175 Å². The van der Waals surface area contributed by atoms with Crippen molar-refractivity contribution in [3.05, 3.63) is 88.3 Å². The van der Waals surface area contributed by atoms with Gasteiger partial charge in [-0.3, -0.25) is 4.79 Å². The largest absolute Gasteiger partial charge is 0.488 e. The second-order valence-corrected chi connectivity index (χ2v) is 7.63. The summed E-state index contributed by atoms with van der Waals surface area (Å²) in [6.45, 7) is 0.270. The minimum absolute atomic E-state index is 0.122. The third kappa shape index (κ3) is 4.14. The van der Waals surface area contributed by atoms with Gasteiger partial charge < -0.3 is 14.4 Å². The molecule has 4 rings (SSSR count). The van der Waals surface area contributed by atoms with Gasteiger partial charge in [-0.15, -0.1) is 0 Å². The van der Waals surface area contributed by atoms with Crippen molar-refractivity contribution in [1.82, 2.24) is 4.57 Å². The van der Waals surface area contributed by atoms with E-state index >= 15 is 0 Å². The maximum absolute atomic E-state index is 12.8. The van der Waals surface area contributed by atoms with Gasteiger partial charge in [0, 0.05) is 23.4 Å². The van der Waals surface area contributed by atoms with Crippen LogP contribution in [-0.4, -0.2) is 15.8 Å². The van der Waals surface area contributed by atoms with Crippen LogP contribution in [0.1, 0.15) is 42.9 Å². The molecule has 30 heavy (non-hydrogen) atoms. The van der Waals surface area contributed by atoms with Crippen molar-refractivity contribution in [2.45, 2.75) is 44.4 Å². The van der Waals surface area contributed by atoms with Gasteiger partial charge in [0.2, 0.25) is 0 Å². The van der Waals surface area contributed by atoms with Crippen molar-refractivity contribution < 1.29 is 9.84 Å². The molecule has 1 fully saturated rings. The Morgan fingerprint density at radius 2 is 1.83 bits per heavy atom. The molecule has 3 aromatic rings. The van der Waals surface area contributed by atoms with Gasteiger partial charge in [-0.2, -0.15) is 5.26 Å². The lowest BCUT2D eigenvalue weighted by molar-refractivity contribution is 0.0738. The number of nitrogens with zero attached hydrogens (tertiary/aromatic N) is 2. The van der Waals surface area contributed by atoms with E-state index in [0.29, 0.717) is 11.3 Å². The molecule has 1 aromatic heterocycles. The van der Waals surface area contributed by atoms with Crippen molar-refractivity contribution in [2.75, 3.05) is 0 Å². The SMILES string of the molecule is N#Cc1ccccc1COc1ccccc1-c1ccn([C@H]2CCCC[C@@H]2O)c(=O)c1. The Morgan fingerprint density at radius 3 is 2.63 bits per heavy atom. The number of aromatic nitrogens is 1. The molecule has 1 heterocycles. The van der Waals surface area contributed by atoms with Gasteiger partial charge in [0.1, 0.15) is 12.4 Å². The van der Waals surface area contributed by atoms with E-state index in [1.165, 1.54) is 0 Å². The van der Waals surface area contributed by atoms with Crippen LogP contribution in [0.2, 0.25) is 0 Å². The van der Waals surface area contributed by atoms with Gasteiger partial charge in [-0.1, -0.05) is 49.2 Å². The van der Waals surface area contributed by atoms with Crippen LogP contribution in [0.4, 0.5) is 0 Å². The fourth-order valence-corrected chi connectivity index (χ4v) is 4.09. The molecule has 0 saturated heterocycles. The lowest BCUT2D eigenvalue weighted by Gasteiger charge is -2.29. The zero-order chi connectivity index (χ0) is 20.9. The molecule has 0 amide bonds. The van der Waals surface area contributed by atoms with Crippen LogP contribution < -0.4 is 10.3 Å². The van der Waals surface area contributed by atoms with Gasteiger partial charge in [0.05, 0.1) is 23.8 Å². The van der Waals surface area contributed by atoms with Crippen LogP contribution in [0.25, 0.3) is 11.1 Å². The normalized spacial score (nSPS) is 18.5. The first kappa shape index (κ1) is 19.9. The average molecular weight is 400 g/mol. The third-order valence-electron chi connectivity index (χ3n) is 5.72. The zero-order valence-electron chi connectivity index (χ0n) is 16.7. The minimum Gasteiger partial charge on any atom is -0.488 e. The van der Waals surface area contributed by atoms with Crippen LogP contribution in [0, 0.1) is 11.3 Å². The van der Waals surface area contributed by atoms with E-state index in [4.69, 9.17) is 4.74 Å². The lowest BCUT2D eigenvalue weighted by Crippen LogP contribution is -2.34. The molecule has 1 aliphatic rings. The molecule has 1 aliphatic carbocycles. The van der Waals surface area contributed by atoms with Gasteiger partial charge >= 0.3 is 0 Å². The predicted octanol–water partition coefficient (Wildman–Crippen LogP) is 4.44. The molecule has 5 nitrogen and oxygen atoms in total. The zero-order valence-corrected chi connectivity index (χ0v) is 16.7. The molecule has 0 aliphatic heterocycles. The highest BCUT2D eigenvalue weighted by atomic mass is 16.5. The Balaban J connectivity index is 1.60. The molecule has 0 radical (unpaired) electrons. The summed E-state index contributed by atoms with van der Waals surface area (Å²) in [5.74, 6) is 0.653. The second kappa shape index (κ2) is 8.98. The van der Waals surface area contributed by atoms with Crippen LogP contribution in [0.3, 0.4) is 0 Å². The topological polar surface area (TPSA) is 75.2 Å². The Bertz CT molecular complexity index is 1130. The summed E-state index contributed by atoms with van der Waals surface area (Å²) in [6.07, 6.45) is 4.88. The molecule has 5 heteroatoms. The van der Waals surface area contributed by atoms with E-state index in [1.807, 2.05) is 48.5 Å². The molecule has 152 valence electrons. The summed E-state index contributed by atoms with van der Waals surface area (Å²) >= 11 is 0. The molecule has 0 unspecified atom stereocenters. The number of benzene rings is 2. The van der Waals surface area contributed by atoms with Gasteiger partial charge in [0.25, 0.3) is 5.56 Å². The number of rotatable bonds is 5. The standard InChI is InChI=1S/C25H24N2O3/c26-16-19-7-1-2-8-20(19)17-30-24-12-6-3-9-21(24)18-13-14-27(25(29)15-18)22-10-4-5-11-23(22)28/h1-3,6-9,12-15,22-23,28H,4-5,10-11,17H2/t22-,23-/m0/s1. The number of aliphatic hydroxyl groups is 1. The highest BCUT2D eigenvalue weighted by Gasteiger charge is 2.25. The summed E-state index contributed by atoms with van der Waals surface area (Å²) in [7, 11) is 0. The molecular weight excluding hydrogens is 376 g/mol. The minimum atomic E-state index is -0.474. The summed E-state index contributed by atoms with van der Waals surface area (Å²) in [5.41, 5.74) is 2.87. The number of pyridine rings is 1. The van der Waals surface area contributed by atoms with Gasteiger partial charge in [0.15, 0.2) is 0 Å². The maximum Gasteiger partial charge on any atom is 0.251 e. The maximum atomic E-state index is 12.8. The van der Waals surface area contributed by atoms with Crippen molar-refractivity contribution in [2.24, 2.45) is 0 Å². The Morgan fingerprint density at radius 1 is 1.07 bits per heavy atom. The lowest BCUT2D eigenvalue weighted by atomic mass is 9.92. The second-order valence-electron chi connectivity index (χ2n) is 7.63. The molecule has 2 aromatic carbocycles. The summed E-state index contributed by atoms with van der Waals surface area (Å²) in [5, 5.41) is 19.6. The van der Waals surface area contributed by atoms with Crippen LogP contribution in [-0.2, 0) is 6.61 Å². The average Bonchev–Trinajstić information content (AvgIpc) is 2.78. The fourth-order valence-electron chi connectivity index (χ4n) is 4.09. The summed E-state index contributed by atoms with van der Waals surface area (Å²) < 4.78 is 7.68. The fraction of sp³-hybridized carbons (Fsp3) is 0.280. The molecule has 2 atom stereocenters. The first-order valence-corrected chi connectivity index (χ1v) is 10.3. The number of hydrogen-bond donors (Lipinski definition) is 1. The van der Waals surface area contributed by atoms with Crippen molar-refractivity contribution >= 4 is 0 Å². The first-order chi connectivity index (χ1) is 14.7. The van der Waals surface area contributed by atoms with E-state index in [2.05, 4.69) is 6.07 Å². The van der Waals surface area contributed by atoms with Crippen molar-refractivity contribution in [1.29, 1.82) is 5.26 Å². The van der Waals surface area contributed by atoms with Gasteiger partial charge in [-0.05, 0) is 36.6 Å². The quantitative estimate of drug-likeness (QED) is 0.687. The van der Waals surface area contributed by atoms with E-state index in [0.717, 1.165) is 42.4 Å². The van der Waals surface area contributed by atoms with Gasteiger partial charge in [-0.25, -0.2) is 0 Å². The molecule has 0 spiro atoms. The number of para-hydroxylation sites is 1. The smallest absolute Gasteiger partial charge is 0.251 e. The summed E-state index contributed by atoms with van der Waals surface area (Å²) in [6, 6.07) is 20.4. The van der Waals surface area contributed by atoms with Crippen molar-refractivity contribution in [3.63, 3.8) is 0 Å². The number of nitriles is 1. The van der Waals surface area contributed by atoms with E-state index in [-0.39, 0.29) is 18.2 Å². The third-order valence-corrected chi connectivity index (χ3v) is 5.72. The monoisotopic (exact) mass is 400 g/mol. The van der Waals surface area contributed by atoms with E-state index in [9.17, 15) is 15.2 Å². The van der Waals surface area contributed by atoms with Crippen molar-refractivity contribution in [3.8, 4) is 22.9 Å². The number of aliphatic hydroxyl groups excluding tert-OH is 1. The molecular formula is C25H24N2O3. The van der Waals surface area contributed by atoms with E-state index < -0.39 is 6.10 Å². The van der Waals surface area contributed by atoms with Crippen LogP contribution in [0.5, 0.6) is 5.75 Å². The van der Waals surface area contributed by atoms with Crippen LogP contribution in [0.15, 0.2) is 71.7 Å². The Hall–Kier alpha value is -3.36. The molecule has 0 bridgehead atoms. The molecule has 1 saturated carbocycles. The highest BCUT2D eigenvalue weighted by Crippen LogP contribution is 2.31. The first-order valence-electron chi connectivity index (χ1n) is 10.3. The summed E-state index contributed by atoms with van der Waals surface area (Å²) in [4.78, 5) is 12.8. The highest BCUT2D eigenvalue weighted by molar-refractivity contribution is 5.69.